The van der Waals surface area contributed by atoms with E-state index in [0.29, 0.717) is 23.3 Å². The number of hydrogen-bond donors (Lipinski definition) is 0. The van der Waals surface area contributed by atoms with Crippen LogP contribution < -0.4 is 4.74 Å². The lowest BCUT2D eigenvalue weighted by Crippen LogP contribution is -2.07. The molecular weight excluding hydrogens is 357 g/mol. The van der Waals surface area contributed by atoms with Gasteiger partial charge in [-0.25, -0.2) is 9.18 Å². The van der Waals surface area contributed by atoms with Crippen molar-refractivity contribution in [2.24, 2.45) is 0 Å². The largest absolute Gasteiger partial charge is 0.494 e. The summed E-state index contributed by atoms with van der Waals surface area (Å²) in [5.41, 5.74) is 4.01. The van der Waals surface area contributed by atoms with Gasteiger partial charge >= 0.3 is 5.97 Å². The molecule has 0 aliphatic heterocycles. The number of hydrogen-bond acceptors (Lipinski definition) is 4. The lowest BCUT2D eigenvalue weighted by Gasteiger charge is -2.14. The molecule has 0 atom stereocenters. The number of rotatable bonds is 5. The number of aryl methyl sites for hydroxylation is 1. The zero-order valence-corrected chi connectivity index (χ0v) is 17.0. The zero-order chi connectivity index (χ0) is 20.7. The molecule has 0 fully saturated rings. The molecule has 0 radical (unpaired) electrons. The number of nitrogens with zero attached hydrogens (tertiary/aromatic N) is 1. The number of fused-ring (bicyclic) bond motifs is 1. The summed E-state index contributed by atoms with van der Waals surface area (Å²) in [5, 5.41) is 0.941. The molecule has 3 rings (SSSR count). The molecule has 0 unspecified atom stereocenters. The van der Waals surface area contributed by atoms with Crippen LogP contribution in [0.3, 0.4) is 0 Å². The maximum atomic E-state index is 13.1. The van der Waals surface area contributed by atoms with Crippen LogP contribution in [0.1, 0.15) is 47.8 Å². The molecular formula is C23H26FNO3. The topological polar surface area (TPSA) is 48.4 Å². The molecule has 0 saturated carbocycles. The lowest BCUT2D eigenvalue weighted by molar-refractivity contribution is 0.0597. The van der Waals surface area contributed by atoms with Gasteiger partial charge in [-0.05, 0) is 53.8 Å². The molecule has 148 valence electrons. The standard InChI is InChI=1S/C21H20FNO3.C2H6/c1-4-15-11-18(21(24)26-3)20(25-2)19-17(15)10-14(12-23-19)9-13-5-7-16(22)8-6-13;1-2/h5-8,10-12H,4,9H2,1-3H3;1-2H3. The maximum Gasteiger partial charge on any atom is 0.341 e. The first-order chi connectivity index (χ1) is 13.6. The van der Waals surface area contributed by atoms with Crippen LogP contribution in [0.25, 0.3) is 10.9 Å². The average Bonchev–Trinajstić information content (AvgIpc) is 2.75. The molecule has 4 nitrogen and oxygen atoms in total. The second-order valence-corrected chi connectivity index (χ2v) is 6.00. The first-order valence-electron chi connectivity index (χ1n) is 9.38. The summed E-state index contributed by atoms with van der Waals surface area (Å²) in [5.74, 6) is -0.285. The lowest BCUT2D eigenvalue weighted by atomic mass is 9.98. The van der Waals surface area contributed by atoms with Crippen LogP contribution in [0, 0.1) is 5.82 Å². The Labute approximate surface area is 165 Å². The van der Waals surface area contributed by atoms with Crippen LogP contribution in [0.5, 0.6) is 5.75 Å². The van der Waals surface area contributed by atoms with Gasteiger partial charge in [0.1, 0.15) is 16.9 Å². The van der Waals surface area contributed by atoms with Crippen molar-refractivity contribution in [2.75, 3.05) is 14.2 Å². The Balaban J connectivity index is 0.00000136. The Morgan fingerprint density at radius 3 is 2.32 bits per heavy atom. The number of ether oxygens (including phenoxy) is 2. The Kier molecular flexibility index (Phi) is 7.50. The fraction of sp³-hybridized carbons (Fsp3) is 0.304. The fourth-order valence-corrected chi connectivity index (χ4v) is 3.07. The van der Waals surface area contributed by atoms with E-state index in [1.54, 1.807) is 24.4 Å². The van der Waals surface area contributed by atoms with E-state index in [1.165, 1.54) is 26.4 Å². The molecule has 3 aromatic rings. The molecule has 0 aliphatic rings. The van der Waals surface area contributed by atoms with Crippen molar-refractivity contribution in [2.45, 2.75) is 33.6 Å². The van der Waals surface area contributed by atoms with Crippen molar-refractivity contribution in [1.82, 2.24) is 4.98 Å². The van der Waals surface area contributed by atoms with E-state index < -0.39 is 5.97 Å². The average molecular weight is 383 g/mol. The van der Waals surface area contributed by atoms with E-state index in [4.69, 9.17) is 9.47 Å². The van der Waals surface area contributed by atoms with Gasteiger partial charge in [0.15, 0.2) is 5.75 Å². The summed E-state index contributed by atoms with van der Waals surface area (Å²) >= 11 is 0. The van der Waals surface area contributed by atoms with Crippen molar-refractivity contribution >= 4 is 16.9 Å². The monoisotopic (exact) mass is 383 g/mol. The van der Waals surface area contributed by atoms with Crippen molar-refractivity contribution in [3.63, 3.8) is 0 Å². The number of carbonyl (C=O) groups excluding carboxylic acids is 1. The Morgan fingerprint density at radius 1 is 1.07 bits per heavy atom. The molecule has 1 aromatic heterocycles. The molecule has 0 N–H and O–H groups in total. The molecule has 0 aliphatic carbocycles. The van der Waals surface area contributed by atoms with E-state index in [0.717, 1.165) is 28.5 Å². The van der Waals surface area contributed by atoms with Crippen LogP contribution in [0.4, 0.5) is 4.39 Å². The smallest absolute Gasteiger partial charge is 0.341 e. The van der Waals surface area contributed by atoms with Gasteiger partial charge in [-0.3, -0.25) is 4.98 Å². The Morgan fingerprint density at radius 2 is 1.75 bits per heavy atom. The molecule has 5 heteroatoms. The van der Waals surface area contributed by atoms with Crippen molar-refractivity contribution in [3.8, 4) is 5.75 Å². The number of carbonyl (C=O) groups is 1. The van der Waals surface area contributed by atoms with E-state index in [1.807, 2.05) is 26.8 Å². The first-order valence-corrected chi connectivity index (χ1v) is 9.38. The number of aromatic nitrogens is 1. The SMILES string of the molecule is CC.CCc1cc(C(=O)OC)c(OC)c2ncc(Cc3ccc(F)cc3)cc12. The Bertz CT molecular complexity index is 952. The molecule has 0 bridgehead atoms. The number of esters is 1. The highest BCUT2D eigenvalue weighted by Gasteiger charge is 2.19. The second-order valence-electron chi connectivity index (χ2n) is 6.00. The van der Waals surface area contributed by atoms with Crippen molar-refractivity contribution < 1.29 is 18.7 Å². The summed E-state index contributed by atoms with van der Waals surface area (Å²) in [7, 11) is 2.86. The van der Waals surface area contributed by atoms with Crippen LogP contribution in [0.15, 0.2) is 42.6 Å². The summed E-state index contributed by atoms with van der Waals surface area (Å²) < 4.78 is 23.4. The third kappa shape index (κ3) is 4.47. The van der Waals surface area contributed by atoms with E-state index in [9.17, 15) is 9.18 Å². The number of methoxy groups -OCH3 is 2. The summed E-state index contributed by atoms with van der Waals surface area (Å²) in [6.45, 7) is 6.02. The van der Waals surface area contributed by atoms with E-state index in [2.05, 4.69) is 4.98 Å². The van der Waals surface area contributed by atoms with E-state index >= 15 is 0 Å². The Hall–Kier alpha value is -2.95. The zero-order valence-electron chi connectivity index (χ0n) is 17.0. The molecule has 28 heavy (non-hydrogen) atoms. The number of halogens is 1. The van der Waals surface area contributed by atoms with Gasteiger partial charge in [-0.15, -0.1) is 0 Å². The molecule has 0 amide bonds. The number of benzene rings is 2. The highest BCUT2D eigenvalue weighted by molar-refractivity contribution is 6.01. The van der Waals surface area contributed by atoms with Crippen LogP contribution in [0.2, 0.25) is 0 Å². The summed E-state index contributed by atoms with van der Waals surface area (Å²) in [4.78, 5) is 16.6. The third-order valence-corrected chi connectivity index (χ3v) is 4.38. The highest BCUT2D eigenvalue weighted by atomic mass is 19.1. The number of pyridine rings is 1. The first kappa shape index (κ1) is 21.4. The van der Waals surface area contributed by atoms with E-state index in [-0.39, 0.29) is 5.82 Å². The van der Waals surface area contributed by atoms with Gasteiger partial charge in [-0.2, -0.15) is 0 Å². The van der Waals surface area contributed by atoms with Crippen molar-refractivity contribution in [3.05, 3.63) is 70.7 Å². The van der Waals surface area contributed by atoms with Gasteiger partial charge in [0, 0.05) is 11.6 Å². The van der Waals surface area contributed by atoms with Crippen LogP contribution in [-0.2, 0) is 17.6 Å². The quantitative estimate of drug-likeness (QED) is 0.557. The minimum Gasteiger partial charge on any atom is -0.494 e. The normalized spacial score (nSPS) is 10.2. The summed E-state index contributed by atoms with van der Waals surface area (Å²) in [6, 6.07) is 10.3. The van der Waals surface area contributed by atoms with Gasteiger partial charge < -0.3 is 9.47 Å². The van der Waals surface area contributed by atoms with Gasteiger partial charge in [0.05, 0.1) is 14.2 Å². The van der Waals surface area contributed by atoms with Crippen molar-refractivity contribution in [1.29, 1.82) is 0 Å². The molecule has 1 heterocycles. The predicted octanol–water partition coefficient (Wildman–Crippen LogP) is 5.35. The second kappa shape index (κ2) is 9.83. The summed E-state index contributed by atoms with van der Waals surface area (Å²) in [6.07, 6.45) is 3.15. The van der Waals surface area contributed by atoms with Crippen LogP contribution in [-0.4, -0.2) is 25.2 Å². The van der Waals surface area contributed by atoms with Gasteiger partial charge in [0.25, 0.3) is 0 Å². The highest BCUT2D eigenvalue weighted by Crippen LogP contribution is 2.33. The third-order valence-electron chi connectivity index (χ3n) is 4.38. The minimum absolute atomic E-state index is 0.251. The van der Waals surface area contributed by atoms with Crippen LogP contribution >= 0.6 is 0 Å². The molecule has 0 saturated heterocycles. The minimum atomic E-state index is -0.448. The predicted molar refractivity (Wildman–Crippen MR) is 110 cm³/mol. The van der Waals surface area contributed by atoms with Gasteiger partial charge in [0.2, 0.25) is 0 Å². The molecule has 2 aromatic carbocycles. The van der Waals surface area contributed by atoms with Gasteiger partial charge in [-0.1, -0.05) is 32.9 Å². The molecule has 0 spiro atoms. The maximum absolute atomic E-state index is 13.1. The fourth-order valence-electron chi connectivity index (χ4n) is 3.07.